The van der Waals surface area contributed by atoms with Crippen molar-refractivity contribution in [1.82, 2.24) is 16.1 Å². The normalized spacial score (nSPS) is 13.8. The minimum Gasteiger partial charge on any atom is -0.354 e. The van der Waals surface area contributed by atoms with Crippen molar-refractivity contribution in [2.75, 3.05) is 6.54 Å². The molecule has 0 saturated carbocycles. The van der Waals surface area contributed by atoms with E-state index in [0.717, 1.165) is 0 Å². The lowest BCUT2D eigenvalue weighted by atomic mass is 10.2. The Morgan fingerprint density at radius 1 is 1.24 bits per heavy atom. The van der Waals surface area contributed by atoms with E-state index in [-0.39, 0.29) is 11.9 Å². The molecule has 17 heavy (non-hydrogen) atoms. The fraction of sp³-hybridized carbons (Fsp3) is 0.818. The van der Waals surface area contributed by atoms with E-state index in [4.69, 9.17) is 5.84 Å². The maximum absolute atomic E-state index is 11.7. The van der Waals surface area contributed by atoms with Crippen LogP contribution in [0.1, 0.15) is 34.6 Å². The van der Waals surface area contributed by atoms with Gasteiger partial charge in [-0.3, -0.25) is 10.2 Å². The van der Waals surface area contributed by atoms with E-state index >= 15 is 0 Å². The molecule has 0 radical (unpaired) electrons. The van der Waals surface area contributed by atoms with Gasteiger partial charge in [-0.1, -0.05) is 13.8 Å². The molecule has 0 aromatic carbocycles. The average Bonchev–Trinajstić information content (AvgIpc) is 2.23. The molecule has 0 aliphatic carbocycles. The number of nitrogens with one attached hydrogen (secondary N) is 3. The van der Waals surface area contributed by atoms with Crippen molar-refractivity contribution in [2.45, 2.75) is 46.7 Å². The summed E-state index contributed by atoms with van der Waals surface area (Å²) in [5, 5.41) is 5.84. The molecule has 6 nitrogen and oxygen atoms in total. The van der Waals surface area contributed by atoms with E-state index < -0.39 is 6.04 Å². The summed E-state index contributed by atoms with van der Waals surface area (Å²) in [6, 6.07) is -0.262. The first-order valence-corrected chi connectivity index (χ1v) is 5.95. The molecule has 0 aromatic rings. The third-order valence-electron chi connectivity index (χ3n) is 1.95. The van der Waals surface area contributed by atoms with Gasteiger partial charge in [0.25, 0.3) is 0 Å². The molecule has 0 fully saturated rings. The Hall–Kier alpha value is -1.30. The molecule has 0 spiro atoms. The molecule has 1 amide bonds. The summed E-state index contributed by atoms with van der Waals surface area (Å²) >= 11 is 0. The molecule has 0 saturated heterocycles. The second-order valence-electron chi connectivity index (χ2n) is 4.74. The molecular weight excluding hydrogens is 218 g/mol. The molecule has 0 aliphatic rings. The number of rotatable bonds is 5. The first kappa shape index (κ1) is 15.7. The van der Waals surface area contributed by atoms with Crippen LogP contribution >= 0.6 is 0 Å². The number of guanidine groups is 1. The van der Waals surface area contributed by atoms with E-state index in [2.05, 4.69) is 21.1 Å². The van der Waals surface area contributed by atoms with E-state index in [1.807, 2.05) is 27.7 Å². The first-order chi connectivity index (χ1) is 7.86. The van der Waals surface area contributed by atoms with Crippen LogP contribution in [-0.2, 0) is 4.79 Å². The molecule has 6 heteroatoms. The van der Waals surface area contributed by atoms with E-state index in [1.54, 1.807) is 6.92 Å². The Morgan fingerprint density at radius 3 is 2.24 bits per heavy atom. The molecule has 0 aromatic heterocycles. The summed E-state index contributed by atoms with van der Waals surface area (Å²) < 4.78 is 0. The highest BCUT2D eigenvalue weighted by atomic mass is 16.2. The van der Waals surface area contributed by atoms with E-state index in [9.17, 15) is 4.79 Å². The molecule has 0 heterocycles. The summed E-state index contributed by atoms with van der Waals surface area (Å²) in [6.45, 7) is 10.4. The van der Waals surface area contributed by atoms with Crippen LogP contribution < -0.4 is 21.9 Å². The zero-order chi connectivity index (χ0) is 13.4. The zero-order valence-corrected chi connectivity index (χ0v) is 11.4. The van der Waals surface area contributed by atoms with Gasteiger partial charge in [-0.2, -0.15) is 0 Å². The smallest absolute Gasteiger partial charge is 0.244 e. The summed E-state index contributed by atoms with van der Waals surface area (Å²) in [5.41, 5.74) is 2.44. The number of hydrogen-bond donors (Lipinski definition) is 4. The van der Waals surface area contributed by atoms with Gasteiger partial charge < -0.3 is 10.6 Å². The van der Waals surface area contributed by atoms with Crippen molar-refractivity contribution < 1.29 is 4.79 Å². The lowest BCUT2D eigenvalue weighted by Crippen LogP contribution is -2.46. The molecule has 1 atom stereocenters. The number of amides is 1. The SMILES string of the molecule is CC(C)CNC(=O)C(C)N=C(NN)NC(C)C. The topological polar surface area (TPSA) is 91.5 Å². The molecule has 5 N–H and O–H groups in total. The Balaban J connectivity index is 4.31. The third kappa shape index (κ3) is 7.57. The number of aliphatic imine (C=N–C) groups is 1. The average molecular weight is 243 g/mol. The van der Waals surface area contributed by atoms with Crippen molar-refractivity contribution in [2.24, 2.45) is 16.8 Å². The fourth-order valence-corrected chi connectivity index (χ4v) is 1.09. The van der Waals surface area contributed by atoms with Crippen molar-refractivity contribution >= 4 is 11.9 Å². The van der Waals surface area contributed by atoms with Crippen molar-refractivity contribution in [1.29, 1.82) is 0 Å². The molecule has 0 aliphatic heterocycles. The third-order valence-corrected chi connectivity index (χ3v) is 1.95. The Kier molecular flexibility index (Phi) is 7.29. The summed E-state index contributed by atoms with van der Waals surface area (Å²) in [4.78, 5) is 15.8. The fourth-order valence-electron chi connectivity index (χ4n) is 1.09. The van der Waals surface area contributed by atoms with E-state index in [1.165, 1.54) is 0 Å². The van der Waals surface area contributed by atoms with Crippen molar-refractivity contribution in [3.05, 3.63) is 0 Å². The van der Waals surface area contributed by atoms with Crippen LogP contribution in [-0.4, -0.2) is 30.5 Å². The van der Waals surface area contributed by atoms with Gasteiger partial charge in [0.1, 0.15) is 6.04 Å². The van der Waals surface area contributed by atoms with Gasteiger partial charge in [0.15, 0.2) is 0 Å². The molecule has 0 rings (SSSR count). The molecule has 1 unspecified atom stereocenters. The van der Waals surface area contributed by atoms with Crippen LogP contribution in [0.5, 0.6) is 0 Å². The highest BCUT2D eigenvalue weighted by Gasteiger charge is 2.12. The van der Waals surface area contributed by atoms with Crippen LogP contribution in [0.25, 0.3) is 0 Å². The maximum atomic E-state index is 11.7. The van der Waals surface area contributed by atoms with Gasteiger partial charge in [0.2, 0.25) is 11.9 Å². The molecular formula is C11H25N5O. The number of nitrogens with zero attached hydrogens (tertiary/aromatic N) is 1. The van der Waals surface area contributed by atoms with Crippen LogP contribution in [0.2, 0.25) is 0 Å². The lowest BCUT2D eigenvalue weighted by molar-refractivity contribution is -0.122. The van der Waals surface area contributed by atoms with Crippen LogP contribution in [0.3, 0.4) is 0 Å². The van der Waals surface area contributed by atoms with Crippen molar-refractivity contribution in [3.63, 3.8) is 0 Å². The standard InChI is InChI=1S/C11H25N5O/c1-7(2)6-13-10(17)9(5)15-11(16-12)14-8(3)4/h7-9H,6,12H2,1-5H3,(H,13,17)(H2,14,15,16). The molecule has 0 bridgehead atoms. The second-order valence-corrected chi connectivity index (χ2v) is 4.74. The monoisotopic (exact) mass is 243 g/mol. The van der Waals surface area contributed by atoms with Gasteiger partial charge in [-0.05, 0) is 26.7 Å². The maximum Gasteiger partial charge on any atom is 0.244 e. The highest BCUT2D eigenvalue weighted by molar-refractivity contribution is 5.86. The quantitative estimate of drug-likeness (QED) is 0.236. The second kappa shape index (κ2) is 7.89. The summed E-state index contributed by atoms with van der Waals surface area (Å²) in [5.74, 6) is 6.07. The number of hydrogen-bond acceptors (Lipinski definition) is 3. The van der Waals surface area contributed by atoms with Crippen LogP contribution in [0.4, 0.5) is 0 Å². The zero-order valence-electron chi connectivity index (χ0n) is 11.4. The number of hydrazine groups is 1. The largest absolute Gasteiger partial charge is 0.354 e. The predicted molar refractivity (Wildman–Crippen MR) is 70.3 cm³/mol. The van der Waals surface area contributed by atoms with Gasteiger partial charge in [-0.15, -0.1) is 0 Å². The van der Waals surface area contributed by atoms with Crippen LogP contribution in [0.15, 0.2) is 4.99 Å². The lowest BCUT2D eigenvalue weighted by Gasteiger charge is -2.15. The highest BCUT2D eigenvalue weighted by Crippen LogP contribution is 1.93. The van der Waals surface area contributed by atoms with Gasteiger partial charge >= 0.3 is 0 Å². The van der Waals surface area contributed by atoms with Crippen molar-refractivity contribution in [3.8, 4) is 0 Å². The number of carbonyl (C=O) groups is 1. The van der Waals surface area contributed by atoms with Gasteiger partial charge in [0, 0.05) is 12.6 Å². The predicted octanol–water partition coefficient (Wildman–Crippen LogP) is -0.0356. The minimum absolute atomic E-state index is 0.1000. The van der Waals surface area contributed by atoms with E-state index in [0.29, 0.717) is 18.4 Å². The summed E-state index contributed by atoms with van der Waals surface area (Å²) in [7, 11) is 0. The Bertz CT molecular complexity index is 263. The summed E-state index contributed by atoms with van der Waals surface area (Å²) in [6.07, 6.45) is 0. The minimum atomic E-state index is -0.467. The Morgan fingerprint density at radius 2 is 1.82 bits per heavy atom. The first-order valence-electron chi connectivity index (χ1n) is 5.95. The number of carbonyl (C=O) groups excluding carboxylic acids is 1. The van der Waals surface area contributed by atoms with Gasteiger partial charge in [0.05, 0.1) is 0 Å². The van der Waals surface area contributed by atoms with Gasteiger partial charge in [-0.25, -0.2) is 10.8 Å². The van der Waals surface area contributed by atoms with Crippen LogP contribution in [0, 0.1) is 5.92 Å². The molecule has 100 valence electrons. The number of nitrogens with two attached hydrogens (primary N) is 1. The Labute approximate surface area is 103 Å².